The number of primary amides is 1. The predicted octanol–water partition coefficient (Wildman–Crippen LogP) is 3.88. The second-order valence-corrected chi connectivity index (χ2v) is 5.35. The van der Waals surface area contributed by atoms with Gasteiger partial charge in [-0.2, -0.15) is 0 Å². The van der Waals surface area contributed by atoms with E-state index in [1.165, 1.54) is 5.56 Å². The largest absolute Gasteiger partial charge is 0.366 e. The minimum Gasteiger partial charge on any atom is -0.366 e. The number of carbonyl (C=O) groups excluding carboxylic acids is 1. The van der Waals surface area contributed by atoms with Crippen LogP contribution in [0.5, 0.6) is 0 Å². The molecule has 0 unspecified atom stereocenters. The van der Waals surface area contributed by atoms with Gasteiger partial charge in [0.05, 0.1) is 11.1 Å². The highest BCUT2D eigenvalue weighted by Crippen LogP contribution is 2.29. The van der Waals surface area contributed by atoms with E-state index < -0.39 is 5.91 Å². The van der Waals surface area contributed by atoms with E-state index in [0.29, 0.717) is 5.56 Å². The number of fused-ring (bicyclic) bond motifs is 1. The van der Waals surface area contributed by atoms with Gasteiger partial charge in [-0.3, -0.25) is 9.78 Å². The number of aromatic nitrogens is 1. The second kappa shape index (κ2) is 5.98. The molecule has 0 saturated carbocycles. The summed E-state index contributed by atoms with van der Waals surface area (Å²) in [6, 6.07) is 19.7. The van der Waals surface area contributed by atoms with E-state index in [4.69, 9.17) is 10.7 Å². The zero-order valence-corrected chi connectivity index (χ0v) is 12.5. The number of pyridine rings is 1. The van der Waals surface area contributed by atoms with Crippen LogP contribution in [0.25, 0.3) is 10.9 Å². The van der Waals surface area contributed by atoms with Gasteiger partial charge in [0.25, 0.3) is 0 Å². The normalized spacial score (nSPS) is 12.2. The molecule has 1 heterocycles. The number of amides is 1. The third-order valence-corrected chi connectivity index (χ3v) is 3.97. The number of rotatable bonds is 4. The quantitative estimate of drug-likeness (QED) is 0.793. The Balaban J connectivity index is 2.20. The van der Waals surface area contributed by atoms with Crippen LogP contribution in [0.15, 0.2) is 60.7 Å². The van der Waals surface area contributed by atoms with Gasteiger partial charge in [-0.1, -0.05) is 55.5 Å². The van der Waals surface area contributed by atoms with Crippen molar-refractivity contribution in [3.05, 3.63) is 77.5 Å². The summed E-state index contributed by atoms with van der Waals surface area (Å²) in [4.78, 5) is 16.6. The lowest BCUT2D eigenvalue weighted by molar-refractivity contribution is 0.100. The van der Waals surface area contributed by atoms with E-state index in [0.717, 1.165) is 23.0 Å². The van der Waals surface area contributed by atoms with Crippen molar-refractivity contribution in [2.75, 3.05) is 0 Å². The van der Waals surface area contributed by atoms with Crippen molar-refractivity contribution in [3.63, 3.8) is 0 Å². The molecule has 1 amide bonds. The zero-order chi connectivity index (χ0) is 15.5. The van der Waals surface area contributed by atoms with E-state index in [2.05, 4.69) is 19.1 Å². The van der Waals surface area contributed by atoms with Crippen LogP contribution in [0.4, 0.5) is 0 Å². The molecule has 3 rings (SSSR count). The minimum absolute atomic E-state index is 0.156. The average molecular weight is 290 g/mol. The van der Waals surface area contributed by atoms with Gasteiger partial charge < -0.3 is 5.73 Å². The highest BCUT2D eigenvalue weighted by Gasteiger charge is 2.17. The molecule has 3 nitrogen and oxygen atoms in total. The standard InChI is InChI=1S/C19H18N2O/c1-2-14(13-8-4-3-5-9-13)18-12-16(19(20)22)15-10-6-7-11-17(15)21-18/h3-12,14H,2H2,1H3,(H2,20,22)/t14-/m0/s1. The average Bonchev–Trinajstić information content (AvgIpc) is 2.55. The third-order valence-electron chi connectivity index (χ3n) is 3.97. The van der Waals surface area contributed by atoms with Gasteiger partial charge in [-0.05, 0) is 24.1 Å². The summed E-state index contributed by atoms with van der Waals surface area (Å²) in [5.74, 6) is -0.258. The maximum absolute atomic E-state index is 11.8. The van der Waals surface area contributed by atoms with Crippen LogP contribution in [0, 0.1) is 0 Å². The van der Waals surface area contributed by atoms with Gasteiger partial charge >= 0.3 is 0 Å². The lowest BCUT2D eigenvalue weighted by Crippen LogP contribution is -2.14. The smallest absolute Gasteiger partial charge is 0.249 e. The van der Waals surface area contributed by atoms with Crippen LogP contribution >= 0.6 is 0 Å². The number of hydrogen-bond acceptors (Lipinski definition) is 2. The number of benzene rings is 2. The fourth-order valence-electron chi connectivity index (χ4n) is 2.88. The number of nitrogens with two attached hydrogens (primary N) is 1. The van der Waals surface area contributed by atoms with E-state index in [9.17, 15) is 4.79 Å². The lowest BCUT2D eigenvalue weighted by atomic mass is 9.91. The van der Waals surface area contributed by atoms with Crippen LogP contribution in [0.3, 0.4) is 0 Å². The Morgan fingerprint density at radius 3 is 2.45 bits per heavy atom. The molecule has 2 N–H and O–H groups in total. The highest BCUT2D eigenvalue weighted by molar-refractivity contribution is 6.05. The Hall–Kier alpha value is -2.68. The number of carbonyl (C=O) groups is 1. The van der Waals surface area contributed by atoms with E-state index in [-0.39, 0.29) is 5.92 Å². The molecule has 0 radical (unpaired) electrons. The summed E-state index contributed by atoms with van der Waals surface area (Å²) < 4.78 is 0. The van der Waals surface area contributed by atoms with Gasteiger partial charge in [-0.25, -0.2) is 0 Å². The Kier molecular flexibility index (Phi) is 3.88. The fourth-order valence-corrected chi connectivity index (χ4v) is 2.88. The summed E-state index contributed by atoms with van der Waals surface area (Å²) in [5.41, 5.74) is 9.00. The second-order valence-electron chi connectivity index (χ2n) is 5.35. The molecule has 0 aliphatic heterocycles. The van der Waals surface area contributed by atoms with Crippen molar-refractivity contribution >= 4 is 16.8 Å². The van der Waals surface area contributed by atoms with Crippen molar-refractivity contribution in [1.82, 2.24) is 4.98 Å². The van der Waals surface area contributed by atoms with E-state index in [1.807, 2.05) is 48.5 Å². The van der Waals surface area contributed by atoms with Crippen molar-refractivity contribution in [2.45, 2.75) is 19.3 Å². The molecule has 0 bridgehead atoms. The van der Waals surface area contributed by atoms with Crippen LogP contribution in [0.1, 0.15) is 40.9 Å². The van der Waals surface area contributed by atoms with Crippen molar-refractivity contribution in [2.24, 2.45) is 5.73 Å². The first-order valence-corrected chi connectivity index (χ1v) is 7.45. The molecular weight excluding hydrogens is 272 g/mol. The first-order chi connectivity index (χ1) is 10.7. The van der Waals surface area contributed by atoms with Crippen molar-refractivity contribution in [3.8, 4) is 0 Å². The van der Waals surface area contributed by atoms with E-state index in [1.54, 1.807) is 0 Å². The fraction of sp³-hybridized carbons (Fsp3) is 0.158. The predicted molar refractivity (Wildman–Crippen MR) is 88.8 cm³/mol. The summed E-state index contributed by atoms with van der Waals surface area (Å²) in [6.45, 7) is 2.12. The van der Waals surface area contributed by atoms with Gasteiger partial charge in [0, 0.05) is 17.0 Å². The number of nitrogens with zero attached hydrogens (tertiary/aromatic N) is 1. The van der Waals surface area contributed by atoms with Crippen LogP contribution in [0.2, 0.25) is 0 Å². The highest BCUT2D eigenvalue weighted by atomic mass is 16.1. The number of para-hydroxylation sites is 1. The van der Waals surface area contributed by atoms with Crippen molar-refractivity contribution < 1.29 is 4.79 Å². The van der Waals surface area contributed by atoms with Gasteiger partial charge in [0.2, 0.25) is 5.91 Å². The maximum atomic E-state index is 11.8. The van der Waals surface area contributed by atoms with Gasteiger partial charge in [0.1, 0.15) is 0 Å². The summed E-state index contributed by atoms with van der Waals surface area (Å²) in [6.07, 6.45) is 0.910. The molecule has 1 atom stereocenters. The summed E-state index contributed by atoms with van der Waals surface area (Å²) >= 11 is 0. The molecule has 0 saturated heterocycles. The monoisotopic (exact) mass is 290 g/mol. The first kappa shape index (κ1) is 14.3. The molecule has 0 aliphatic carbocycles. The lowest BCUT2D eigenvalue weighted by Gasteiger charge is -2.17. The topological polar surface area (TPSA) is 56.0 Å². The molecule has 0 fully saturated rings. The van der Waals surface area contributed by atoms with Crippen LogP contribution in [-0.4, -0.2) is 10.9 Å². The van der Waals surface area contributed by atoms with Crippen molar-refractivity contribution in [1.29, 1.82) is 0 Å². The number of hydrogen-bond donors (Lipinski definition) is 1. The Bertz CT molecular complexity index is 812. The molecule has 1 aromatic heterocycles. The molecule has 2 aromatic carbocycles. The molecule has 110 valence electrons. The molecule has 3 aromatic rings. The Labute approximate surface area is 129 Å². The third kappa shape index (κ3) is 2.58. The maximum Gasteiger partial charge on any atom is 0.249 e. The van der Waals surface area contributed by atoms with Gasteiger partial charge in [0.15, 0.2) is 0 Å². The summed E-state index contributed by atoms with van der Waals surface area (Å²) in [5, 5.41) is 0.807. The molecule has 0 aliphatic rings. The minimum atomic E-state index is -0.414. The van der Waals surface area contributed by atoms with Gasteiger partial charge in [-0.15, -0.1) is 0 Å². The zero-order valence-electron chi connectivity index (χ0n) is 12.5. The Morgan fingerprint density at radius 1 is 1.09 bits per heavy atom. The molecule has 22 heavy (non-hydrogen) atoms. The SMILES string of the molecule is CC[C@@H](c1ccccc1)c1cc(C(N)=O)c2ccccc2n1. The van der Waals surface area contributed by atoms with Crippen LogP contribution < -0.4 is 5.73 Å². The molecular formula is C19H18N2O. The van der Waals surface area contributed by atoms with E-state index >= 15 is 0 Å². The molecule has 0 spiro atoms. The van der Waals surface area contributed by atoms with Crippen LogP contribution in [-0.2, 0) is 0 Å². The summed E-state index contributed by atoms with van der Waals surface area (Å²) in [7, 11) is 0. The first-order valence-electron chi connectivity index (χ1n) is 7.45. The Morgan fingerprint density at radius 2 is 1.77 bits per heavy atom. The molecule has 3 heteroatoms.